The summed E-state index contributed by atoms with van der Waals surface area (Å²) in [5, 5.41) is 0. The number of ether oxygens (including phenoxy) is 3. The first kappa shape index (κ1) is 63.1. The van der Waals surface area contributed by atoms with Gasteiger partial charge in [-0.05, 0) is 122 Å². The standard InChI is InChI=1S/C61H100O6/c1-4-7-10-13-16-19-22-25-28-29-30-31-34-37-40-43-46-49-52-55-61(64)67-58(56-65-59(62)53-50-47-44-41-38-35-32-26-23-20-17-14-11-8-5-2)57-66-60(63)54-51-48-45-42-39-36-33-27-24-21-18-15-12-9-6-3/h7-8,10-11,16-17,19-21,24-26,28,30-32,37,40,58H,4-6,9,12-15,18,22-23,27,29,33-36,38-39,41-57H2,1-3H3/b10-7-,11-8-,19-16-,20-17-,24-21-,28-25-,31-30-,32-26-,40-37-/t58-/m1/s1. The molecule has 0 aliphatic heterocycles. The fraction of sp³-hybridized carbons (Fsp3) is 0.656. The summed E-state index contributed by atoms with van der Waals surface area (Å²) in [6.07, 6.45) is 73.5. The zero-order valence-electron chi connectivity index (χ0n) is 43.4. The molecule has 0 unspecified atom stereocenters. The molecule has 0 saturated heterocycles. The first-order valence-electron chi connectivity index (χ1n) is 27.4. The number of carbonyl (C=O) groups excluding carboxylic acids is 3. The normalized spacial score (nSPS) is 12.9. The van der Waals surface area contributed by atoms with Crippen molar-refractivity contribution >= 4 is 17.9 Å². The average Bonchev–Trinajstić information content (AvgIpc) is 3.33. The first-order chi connectivity index (χ1) is 33.0. The van der Waals surface area contributed by atoms with Gasteiger partial charge in [0.1, 0.15) is 13.2 Å². The third-order valence-corrected chi connectivity index (χ3v) is 11.2. The minimum atomic E-state index is -0.806. The van der Waals surface area contributed by atoms with Gasteiger partial charge in [-0.15, -0.1) is 0 Å². The van der Waals surface area contributed by atoms with Gasteiger partial charge in [0.25, 0.3) is 0 Å². The topological polar surface area (TPSA) is 78.9 Å². The van der Waals surface area contributed by atoms with Crippen LogP contribution >= 0.6 is 0 Å². The molecule has 67 heavy (non-hydrogen) atoms. The third-order valence-electron chi connectivity index (χ3n) is 11.2. The Balaban J connectivity index is 4.50. The van der Waals surface area contributed by atoms with Crippen LogP contribution < -0.4 is 0 Å². The lowest BCUT2D eigenvalue weighted by atomic mass is 10.1. The molecule has 0 aromatic heterocycles. The van der Waals surface area contributed by atoms with E-state index in [0.29, 0.717) is 12.8 Å². The Bertz CT molecular complexity index is 1390. The highest BCUT2D eigenvalue weighted by Crippen LogP contribution is 2.13. The molecule has 0 aromatic rings. The molecule has 0 fully saturated rings. The lowest BCUT2D eigenvalue weighted by Gasteiger charge is -2.18. The van der Waals surface area contributed by atoms with Crippen molar-refractivity contribution in [2.45, 2.75) is 245 Å². The molecule has 0 aromatic carbocycles. The maximum absolute atomic E-state index is 12.8. The number of esters is 3. The van der Waals surface area contributed by atoms with Crippen molar-refractivity contribution in [1.29, 1.82) is 0 Å². The Morgan fingerprint density at radius 3 is 0.940 bits per heavy atom. The van der Waals surface area contributed by atoms with Crippen LogP contribution in [0.15, 0.2) is 109 Å². The van der Waals surface area contributed by atoms with Crippen molar-refractivity contribution in [1.82, 2.24) is 0 Å². The molecule has 0 saturated carbocycles. The second-order valence-electron chi connectivity index (χ2n) is 17.7. The van der Waals surface area contributed by atoms with E-state index >= 15 is 0 Å². The second kappa shape index (κ2) is 54.7. The lowest BCUT2D eigenvalue weighted by molar-refractivity contribution is -0.167. The number of unbranched alkanes of at least 4 members (excludes halogenated alkanes) is 19. The van der Waals surface area contributed by atoms with Crippen LogP contribution in [0.3, 0.4) is 0 Å². The number of allylic oxidation sites excluding steroid dienone is 18. The van der Waals surface area contributed by atoms with E-state index in [-0.39, 0.29) is 37.5 Å². The van der Waals surface area contributed by atoms with Crippen molar-refractivity contribution in [3.63, 3.8) is 0 Å². The van der Waals surface area contributed by atoms with E-state index in [1.807, 2.05) is 0 Å². The Labute approximate surface area is 412 Å². The minimum Gasteiger partial charge on any atom is -0.462 e. The van der Waals surface area contributed by atoms with Gasteiger partial charge in [0.05, 0.1) is 0 Å². The van der Waals surface area contributed by atoms with Crippen molar-refractivity contribution in [2.24, 2.45) is 0 Å². The molecule has 0 N–H and O–H groups in total. The molecule has 380 valence electrons. The molecule has 0 rings (SSSR count). The monoisotopic (exact) mass is 929 g/mol. The summed E-state index contributed by atoms with van der Waals surface area (Å²) in [7, 11) is 0. The maximum Gasteiger partial charge on any atom is 0.306 e. The molecule has 0 bridgehead atoms. The Morgan fingerprint density at radius 2 is 0.582 bits per heavy atom. The molecular formula is C61H100O6. The van der Waals surface area contributed by atoms with Gasteiger partial charge in [-0.1, -0.05) is 207 Å². The van der Waals surface area contributed by atoms with Gasteiger partial charge >= 0.3 is 17.9 Å². The zero-order valence-corrected chi connectivity index (χ0v) is 43.4. The van der Waals surface area contributed by atoms with Crippen molar-refractivity contribution in [3.05, 3.63) is 109 Å². The van der Waals surface area contributed by atoms with Gasteiger partial charge < -0.3 is 14.2 Å². The quantitative estimate of drug-likeness (QED) is 0.0262. The van der Waals surface area contributed by atoms with E-state index in [1.165, 1.54) is 64.2 Å². The predicted molar refractivity (Wildman–Crippen MR) is 288 cm³/mol. The molecule has 0 spiro atoms. The number of hydrogen-bond acceptors (Lipinski definition) is 6. The summed E-state index contributed by atoms with van der Waals surface area (Å²) < 4.78 is 16.8. The largest absolute Gasteiger partial charge is 0.462 e. The zero-order chi connectivity index (χ0) is 48.6. The summed E-state index contributed by atoms with van der Waals surface area (Å²) in [5.74, 6) is -0.957. The highest BCUT2D eigenvalue weighted by Gasteiger charge is 2.19. The number of hydrogen-bond donors (Lipinski definition) is 0. The van der Waals surface area contributed by atoms with E-state index in [0.717, 1.165) is 135 Å². The van der Waals surface area contributed by atoms with E-state index in [2.05, 4.69) is 130 Å². The SMILES string of the molecule is CC/C=C\C/C=C\C/C=C\C/C=C\C/C=C\CCCCCC(=O)O[C@H](COC(=O)CCCCCCC/C=C\C/C=C\C/C=C\CC)COC(=O)CCCCCCCCC/C=C\CCCCCC. The van der Waals surface area contributed by atoms with E-state index < -0.39 is 6.10 Å². The summed E-state index contributed by atoms with van der Waals surface area (Å²) >= 11 is 0. The Kier molecular flexibility index (Phi) is 51.5. The van der Waals surface area contributed by atoms with Crippen LogP contribution in [0.25, 0.3) is 0 Å². The summed E-state index contributed by atoms with van der Waals surface area (Å²) in [6, 6.07) is 0. The second-order valence-corrected chi connectivity index (χ2v) is 17.7. The van der Waals surface area contributed by atoms with Crippen molar-refractivity contribution in [2.75, 3.05) is 13.2 Å². The smallest absolute Gasteiger partial charge is 0.306 e. The van der Waals surface area contributed by atoms with Crippen LogP contribution in [0, 0.1) is 0 Å². The van der Waals surface area contributed by atoms with Crippen molar-refractivity contribution in [3.8, 4) is 0 Å². The van der Waals surface area contributed by atoms with Crippen molar-refractivity contribution < 1.29 is 28.6 Å². The first-order valence-corrected chi connectivity index (χ1v) is 27.4. The van der Waals surface area contributed by atoms with E-state index in [1.54, 1.807) is 0 Å². The molecule has 6 heteroatoms. The van der Waals surface area contributed by atoms with Crippen LogP contribution in [-0.2, 0) is 28.6 Å². The maximum atomic E-state index is 12.8. The van der Waals surface area contributed by atoms with Gasteiger partial charge in [0.2, 0.25) is 0 Å². The molecule has 0 aliphatic carbocycles. The highest BCUT2D eigenvalue weighted by molar-refractivity contribution is 5.71. The fourth-order valence-electron chi connectivity index (χ4n) is 7.18. The van der Waals surface area contributed by atoms with E-state index in [9.17, 15) is 14.4 Å². The Morgan fingerprint density at radius 1 is 0.313 bits per heavy atom. The predicted octanol–water partition coefficient (Wildman–Crippen LogP) is 18.3. The summed E-state index contributed by atoms with van der Waals surface area (Å²) in [6.45, 7) is 6.35. The summed E-state index contributed by atoms with van der Waals surface area (Å²) in [5.41, 5.74) is 0. The Hall–Kier alpha value is -3.93. The van der Waals surface area contributed by atoms with Crippen LogP contribution in [0.2, 0.25) is 0 Å². The lowest BCUT2D eigenvalue weighted by Crippen LogP contribution is -2.30. The van der Waals surface area contributed by atoms with Gasteiger partial charge in [-0.25, -0.2) is 0 Å². The highest BCUT2D eigenvalue weighted by atomic mass is 16.6. The minimum absolute atomic E-state index is 0.101. The average molecular weight is 929 g/mol. The van der Waals surface area contributed by atoms with Crippen LogP contribution in [0.5, 0.6) is 0 Å². The summed E-state index contributed by atoms with van der Waals surface area (Å²) in [4.78, 5) is 38.1. The van der Waals surface area contributed by atoms with Gasteiger partial charge in [-0.2, -0.15) is 0 Å². The fourth-order valence-corrected chi connectivity index (χ4v) is 7.18. The van der Waals surface area contributed by atoms with Gasteiger partial charge in [-0.3, -0.25) is 14.4 Å². The number of rotatable bonds is 48. The van der Waals surface area contributed by atoms with Crippen LogP contribution in [-0.4, -0.2) is 37.2 Å². The molecule has 0 aliphatic rings. The van der Waals surface area contributed by atoms with E-state index in [4.69, 9.17) is 14.2 Å². The van der Waals surface area contributed by atoms with Gasteiger partial charge in [0, 0.05) is 19.3 Å². The molecule has 6 nitrogen and oxygen atoms in total. The molecule has 1 atom stereocenters. The third kappa shape index (κ3) is 52.9. The molecule has 0 heterocycles. The number of carbonyl (C=O) groups is 3. The molecule has 0 amide bonds. The molecular weight excluding hydrogens is 829 g/mol. The van der Waals surface area contributed by atoms with Crippen LogP contribution in [0.1, 0.15) is 239 Å². The van der Waals surface area contributed by atoms with Crippen LogP contribution in [0.4, 0.5) is 0 Å². The molecule has 0 radical (unpaired) electrons. The van der Waals surface area contributed by atoms with Gasteiger partial charge in [0.15, 0.2) is 6.10 Å².